The lowest BCUT2D eigenvalue weighted by atomic mass is 9.95. The van der Waals surface area contributed by atoms with Crippen LogP contribution in [-0.4, -0.2) is 101 Å². The quantitative estimate of drug-likeness (QED) is 0.0317. The second-order valence-electron chi connectivity index (χ2n) is 25.0. The van der Waals surface area contributed by atoms with Crippen molar-refractivity contribution in [3.8, 4) is 35.8 Å². The molecule has 3 amide bonds. The first-order chi connectivity index (χ1) is 49.0. The van der Waals surface area contributed by atoms with Crippen molar-refractivity contribution in [2.45, 2.75) is 206 Å². The van der Waals surface area contributed by atoms with Crippen molar-refractivity contribution < 1.29 is 29.7 Å². The third kappa shape index (κ3) is 22.5. The number of azo groups is 3. The number of carbonyl (C=O) groups excluding carboxylic acids is 3. The second kappa shape index (κ2) is 43.3. The molecule has 0 radical (unpaired) electrons. The fourth-order valence-corrected chi connectivity index (χ4v) is 11.4. The van der Waals surface area contributed by atoms with Crippen LogP contribution < -0.4 is 16.7 Å². The summed E-state index contributed by atoms with van der Waals surface area (Å²) in [5.41, 5.74) is 2.54. The van der Waals surface area contributed by atoms with Gasteiger partial charge in [-0.3, -0.25) is 42.5 Å². The van der Waals surface area contributed by atoms with Crippen LogP contribution in [0.2, 0.25) is 0 Å². The van der Waals surface area contributed by atoms with Crippen LogP contribution in [0.15, 0.2) is 118 Å². The van der Waals surface area contributed by atoms with E-state index >= 15 is 0 Å². The average Bonchev–Trinajstić information content (AvgIpc) is 0.799. The number of nitriles is 3. The molecule has 6 rings (SSSR count). The summed E-state index contributed by atoms with van der Waals surface area (Å²) in [6, 6.07) is 26.1. The van der Waals surface area contributed by atoms with Gasteiger partial charge in [0, 0.05) is 92.3 Å². The van der Waals surface area contributed by atoms with Crippen LogP contribution in [0.1, 0.15) is 231 Å². The highest BCUT2D eigenvalue weighted by Crippen LogP contribution is 2.31. The Labute approximate surface area is 601 Å². The van der Waals surface area contributed by atoms with Gasteiger partial charge in [-0.15, -0.1) is 15.3 Å². The Morgan fingerprint density at radius 2 is 0.706 bits per heavy atom. The van der Waals surface area contributed by atoms with E-state index in [0.29, 0.717) is 71.6 Å². The molecule has 2 atom stereocenters. The second-order valence-corrected chi connectivity index (χ2v) is 25.0. The maximum absolute atomic E-state index is 13.7. The largest absolute Gasteiger partial charge is 0.493 e. The van der Waals surface area contributed by atoms with Gasteiger partial charge in [0.2, 0.25) is 17.6 Å². The Kier molecular flexibility index (Phi) is 35.7. The molecule has 24 heteroatoms. The predicted molar refractivity (Wildman–Crippen MR) is 399 cm³/mol. The summed E-state index contributed by atoms with van der Waals surface area (Å²) in [5, 5.41) is 83.5. The number of hydrogen-bond acceptors (Lipinski definition) is 18. The lowest BCUT2D eigenvalue weighted by Crippen LogP contribution is -2.39. The van der Waals surface area contributed by atoms with Crippen LogP contribution in [0, 0.1) is 66.6 Å². The van der Waals surface area contributed by atoms with Crippen LogP contribution >= 0.6 is 0 Å². The highest BCUT2D eigenvalue weighted by molar-refractivity contribution is 5.95. The van der Waals surface area contributed by atoms with Crippen molar-refractivity contribution in [3.63, 3.8) is 0 Å². The molecule has 3 heterocycles. The monoisotopic (exact) mass is 1400 g/mol. The van der Waals surface area contributed by atoms with Gasteiger partial charge in [0.15, 0.2) is 17.1 Å². The Hall–Kier alpha value is -10.4. The van der Waals surface area contributed by atoms with E-state index in [2.05, 4.69) is 77.1 Å². The van der Waals surface area contributed by atoms with Crippen LogP contribution in [0.3, 0.4) is 0 Å². The number of nitrogens with zero attached hydrogens (tertiary/aromatic N) is 15. The van der Waals surface area contributed by atoms with Gasteiger partial charge in [0.25, 0.3) is 34.4 Å². The summed E-state index contributed by atoms with van der Waals surface area (Å²) in [4.78, 5) is 82.8. The van der Waals surface area contributed by atoms with Gasteiger partial charge in [-0.2, -0.15) is 31.1 Å². The van der Waals surface area contributed by atoms with Crippen molar-refractivity contribution in [2.75, 3.05) is 39.3 Å². The van der Waals surface area contributed by atoms with Gasteiger partial charge >= 0.3 is 0 Å². The van der Waals surface area contributed by atoms with Crippen molar-refractivity contribution in [1.82, 2.24) is 28.4 Å². The van der Waals surface area contributed by atoms with Crippen molar-refractivity contribution in [2.24, 2.45) is 42.5 Å². The van der Waals surface area contributed by atoms with Crippen molar-refractivity contribution >= 4 is 51.8 Å². The number of benzene rings is 3. The standard InChI is InChI=1S/C32H47N5O3.C24H31N5O3.C22H27N5O3/c1-7-12-14-24(9-3)21-36(22-25(10-4)15-13-8-2)30(38)26-16-18-27(19-17-26)34-35-29-23(6)28(20-33)31(39)37(11-5)32(29)40;1-5-8-14-28(15-9-6-2)22(30)18-10-12-19(13-11-18)26-27-21-17(4)20(16-25)23(31)29(7-3)24(21)32;1-5-8-13-27-21(29)18(14-23)15(4)19(22(27)30)25-24-17-11-9-16(10-12-17)20(28)26(6-2)7-3/h16-19,24-25,39H,7-15,21-22H2,1-6H3;10-13,31H,5-9,14-15H2,1-4H3;9-12,29H,5-8,13H2,1-4H3. The van der Waals surface area contributed by atoms with E-state index in [0.717, 1.165) is 111 Å². The molecule has 3 aromatic carbocycles. The highest BCUT2D eigenvalue weighted by atomic mass is 16.3. The molecule has 3 N–H and O–H groups in total. The topological polar surface area (TPSA) is 333 Å². The minimum atomic E-state index is -0.514. The predicted octanol–water partition coefficient (Wildman–Crippen LogP) is 17.7. The fourth-order valence-electron chi connectivity index (χ4n) is 11.4. The zero-order valence-corrected chi connectivity index (χ0v) is 62.3. The molecule has 0 saturated carbocycles. The normalized spacial score (nSPS) is 11.7. The number of aromatic hydroxyl groups is 3. The summed E-state index contributed by atoms with van der Waals surface area (Å²) in [6.07, 6.45) is 14.5. The highest BCUT2D eigenvalue weighted by Gasteiger charge is 2.25. The molecule has 0 aliphatic rings. The smallest absolute Gasteiger partial charge is 0.281 e. The Bertz CT molecular complexity index is 4140. The summed E-state index contributed by atoms with van der Waals surface area (Å²) >= 11 is 0. The number of hydrogen-bond donors (Lipinski definition) is 3. The number of aromatic nitrogens is 3. The molecule has 6 aromatic rings. The van der Waals surface area contributed by atoms with E-state index in [4.69, 9.17) is 0 Å². The summed E-state index contributed by atoms with van der Waals surface area (Å²) in [6.45, 7) is 31.9. The maximum atomic E-state index is 13.7. The first-order valence-corrected chi connectivity index (χ1v) is 36.1. The van der Waals surface area contributed by atoms with E-state index < -0.39 is 16.7 Å². The molecular weight excluding hydrogens is 1290 g/mol. The van der Waals surface area contributed by atoms with E-state index in [1.54, 1.807) is 112 Å². The molecular formula is C78H105N15O9. The van der Waals surface area contributed by atoms with Crippen LogP contribution in [0.25, 0.3) is 0 Å². The number of rotatable bonds is 34. The molecule has 24 nitrogen and oxygen atoms in total. The Morgan fingerprint density at radius 1 is 0.412 bits per heavy atom. The zero-order chi connectivity index (χ0) is 75.6. The van der Waals surface area contributed by atoms with Crippen LogP contribution in [0.4, 0.5) is 34.1 Å². The van der Waals surface area contributed by atoms with Gasteiger partial charge in [0.1, 0.15) is 34.9 Å². The maximum Gasteiger partial charge on any atom is 0.281 e. The number of unbranched alkanes of at least 4 members (excludes halogenated alkanes) is 5. The molecule has 0 spiro atoms. The van der Waals surface area contributed by atoms with Gasteiger partial charge in [-0.25, -0.2) is 0 Å². The lowest BCUT2D eigenvalue weighted by Gasteiger charge is -2.31. The van der Waals surface area contributed by atoms with Crippen LogP contribution in [0.5, 0.6) is 17.6 Å². The molecule has 0 bridgehead atoms. The molecule has 3 aromatic heterocycles. The molecule has 0 fully saturated rings. The average molecular weight is 1400 g/mol. The zero-order valence-electron chi connectivity index (χ0n) is 62.3. The minimum absolute atomic E-state index is 0.000550. The third-order valence-electron chi connectivity index (χ3n) is 18.0. The molecule has 0 saturated heterocycles. The minimum Gasteiger partial charge on any atom is -0.493 e. The summed E-state index contributed by atoms with van der Waals surface area (Å²) < 4.78 is 3.35. The molecule has 546 valence electrons. The number of carbonyl (C=O) groups is 3. The van der Waals surface area contributed by atoms with Gasteiger partial charge in [0.05, 0.1) is 17.1 Å². The van der Waals surface area contributed by atoms with E-state index in [9.17, 15) is 59.9 Å². The number of pyridine rings is 3. The van der Waals surface area contributed by atoms with E-state index in [1.165, 1.54) is 12.8 Å². The number of amides is 3. The van der Waals surface area contributed by atoms with Gasteiger partial charge < -0.3 is 30.0 Å². The third-order valence-corrected chi connectivity index (χ3v) is 18.0. The summed E-state index contributed by atoms with van der Waals surface area (Å²) in [5.74, 6) is -0.128. The first kappa shape index (κ1) is 84.0. The first-order valence-electron chi connectivity index (χ1n) is 36.1. The van der Waals surface area contributed by atoms with Crippen molar-refractivity contribution in [3.05, 3.63) is 154 Å². The fraction of sp³-hybridized carbons (Fsp3) is 0.500. The lowest BCUT2D eigenvalue weighted by molar-refractivity contribution is 0.0683. The SMILES string of the molecule is CCCCC(CC)CN(CC(CC)CCCC)C(=O)c1ccc(N=Nc2c(C)c(C#N)c(O)n(CC)c2=O)cc1.CCCCN(CCCC)C(=O)c1ccc(N=Nc2c(C)c(C#N)c(O)n(CC)c2=O)cc1.CCCCn1c(O)c(C#N)c(C)c(N=Nc2ccc(C(=O)N(CC)CC)cc2)c1=O. The summed E-state index contributed by atoms with van der Waals surface area (Å²) in [7, 11) is 0. The molecule has 102 heavy (non-hydrogen) atoms. The van der Waals surface area contributed by atoms with Crippen molar-refractivity contribution in [1.29, 1.82) is 15.8 Å². The Morgan fingerprint density at radius 3 is 0.990 bits per heavy atom. The van der Waals surface area contributed by atoms with E-state index in [-0.39, 0.29) is 98.9 Å². The molecule has 0 aliphatic heterocycles. The molecule has 0 aliphatic carbocycles. The van der Waals surface area contributed by atoms with Gasteiger partial charge in [-0.05, 0) is 165 Å². The van der Waals surface area contributed by atoms with E-state index in [1.807, 2.05) is 43.9 Å². The van der Waals surface area contributed by atoms with Crippen LogP contribution in [-0.2, 0) is 19.6 Å². The van der Waals surface area contributed by atoms with Gasteiger partial charge in [-0.1, -0.05) is 106 Å². The molecule has 2 unspecified atom stereocenters. The Balaban J connectivity index is 0.000000328.